The van der Waals surface area contributed by atoms with Crippen molar-refractivity contribution in [1.29, 1.82) is 0 Å². The summed E-state index contributed by atoms with van der Waals surface area (Å²) in [5, 5.41) is 13.1. The number of alkyl halides is 3. The third-order valence-electron chi connectivity index (χ3n) is 6.40. The van der Waals surface area contributed by atoms with Gasteiger partial charge in [0.15, 0.2) is 17.2 Å². The molecule has 0 aliphatic rings. The first kappa shape index (κ1) is 27.1. The molecule has 6 rings (SSSR count). The van der Waals surface area contributed by atoms with Gasteiger partial charge in [-0.25, -0.2) is 9.50 Å². The fourth-order valence-electron chi connectivity index (χ4n) is 4.49. The molecule has 3 aromatic carbocycles. The van der Waals surface area contributed by atoms with Crippen LogP contribution < -0.4 is 5.32 Å². The molecule has 0 bridgehead atoms. The monoisotopic (exact) mass is 614 g/mol. The van der Waals surface area contributed by atoms with Crippen LogP contribution in [-0.2, 0) is 12.7 Å². The number of nitrogens with zero attached hydrogens (tertiary/aromatic N) is 5. The molecule has 3 aromatic heterocycles. The second-order valence-electron chi connectivity index (χ2n) is 9.02. The zero-order valence-corrected chi connectivity index (χ0v) is 22.9. The van der Waals surface area contributed by atoms with Gasteiger partial charge in [-0.3, -0.25) is 9.48 Å². The van der Waals surface area contributed by atoms with Crippen molar-refractivity contribution in [2.75, 3.05) is 5.32 Å². The predicted octanol–water partition coefficient (Wildman–Crippen LogP) is 8.03. The van der Waals surface area contributed by atoms with Gasteiger partial charge in [0.05, 0.1) is 18.4 Å². The average molecular weight is 616 g/mol. The molecule has 0 aliphatic carbocycles. The number of amides is 1. The van der Waals surface area contributed by atoms with Gasteiger partial charge in [0.2, 0.25) is 0 Å². The number of nitrogens with one attached hydrogen (secondary N) is 1. The molecule has 7 nitrogen and oxygen atoms in total. The van der Waals surface area contributed by atoms with Crippen molar-refractivity contribution in [3.05, 3.63) is 111 Å². The first-order valence-electron chi connectivity index (χ1n) is 12.0. The van der Waals surface area contributed by atoms with Crippen LogP contribution in [0, 0.1) is 0 Å². The Morgan fingerprint density at radius 2 is 1.63 bits per heavy atom. The highest BCUT2D eigenvalue weighted by Crippen LogP contribution is 2.35. The van der Waals surface area contributed by atoms with Gasteiger partial charge in [-0.2, -0.15) is 23.4 Å². The number of carbonyl (C=O) groups excluding carboxylic acids is 1. The molecular formula is C28H16Cl3F3N6O. The number of benzene rings is 3. The summed E-state index contributed by atoms with van der Waals surface area (Å²) < 4.78 is 44.4. The summed E-state index contributed by atoms with van der Waals surface area (Å²) >= 11 is 18.8. The zero-order chi connectivity index (χ0) is 28.9. The molecular weight excluding hydrogens is 600 g/mol. The van der Waals surface area contributed by atoms with E-state index < -0.39 is 17.8 Å². The van der Waals surface area contributed by atoms with Crippen LogP contribution in [-0.4, -0.2) is 30.3 Å². The number of rotatable bonds is 5. The molecule has 206 valence electrons. The number of hydrogen-bond acceptors (Lipinski definition) is 4. The smallest absolute Gasteiger partial charge is 0.304 e. The van der Waals surface area contributed by atoms with Gasteiger partial charge >= 0.3 is 6.18 Å². The summed E-state index contributed by atoms with van der Waals surface area (Å²) in [7, 11) is 0. The molecule has 1 amide bonds. The van der Waals surface area contributed by atoms with E-state index in [0.717, 1.165) is 17.6 Å². The lowest BCUT2D eigenvalue weighted by Crippen LogP contribution is -2.16. The largest absolute Gasteiger partial charge is 0.433 e. The molecule has 0 saturated carbocycles. The highest BCUT2D eigenvalue weighted by Gasteiger charge is 2.36. The minimum atomic E-state index is -4.78. The second-order valence-corrected chi connectivity index (χ2v) is 10.2. The quantitative estimate of drug-likeness (QED) is 0.213. The van der Waals surface area contributed by atoms with Crippen molar-refractivity contribution in [3.63, 3.8) is 0 Å². The van der Waals surface area contributed by atoms with E-state index in [9.17, 15) is 18.0 Å². The van der Waals surface area contributed by atoms with Gasteiger partial charge in [0.25, 0.3) is 5.91 Å². The van der Waals surface area contributed by atoms with Gasteiger partial charge in [0.1, 0.15) is 10.6 Å². The molecule has 0 atom stereocenters. The number of hydrogen-bond donors (Lipinski definition) is 1. The van der Waals surface area contributed by atoms with Crippen LogP contribution in [0.15, 0.2) is 79.1 Å². The molecule has 0 fully saturated rings. The van der Waals surface area contributed by atoms with Crippen molar-refractivity contribution < 1.29 is 18.0 Å². The molecule has 0 radical (unpaired) electrons. The molecule has 13 heteroatoms. The average Bonchev–Trinajstić information content (AvgIpc) is 3.52. The van der Waals surface area contributed by atoms with E-state index in [1.807, 2.05) is 18.2 Å². The van der Waals surface area contributed by atoms with Crippen molar-refractivity contribution in [2.45, 2.75) is 12.7 Å². The van der Waals surface area contributed by atoms with E-state index in [2.05, 4.69) is 20.5 Å². The van der Waals surface area contributed by atoms with Crippen LogP contribution in [0.1, 0.15) is 21.6 Å². The van der Waals surface area contributed by atoms with Crippen molar-refractivity contribution in [2.24, 2.45) is 0 Å². The number of fused-ring (bicyclic) bond motifs is 2. The Balaban J connectivity index is 1.39. The van der Waals surface area contributed by atoms with Crippen LogP contribution in [0.5, 0.6) is 0 Å². The Morgan fingerprint density at radius 3 is 2.39 bits per heavy atom. The topological polar surface area (TPSA) is 77.1 Å². The molecule has 0 aliphatic heterocycles. The van der Waals surface area contributed by atoms with E-state index >= 15 is 0 Å². The summed E-state index contributed by atoms with van der Waals surface area (Å²) in [5.74, 6) is -0.806. The zero-order valence-electron chi connectivity index (χ0n) is 20.6. The van der Waals surface area contributed by atoms with E-state index in [-0.39, 0.29) is 34.3 Å². The SMILES string of the molecule is O=C(Nc1nn(Cc2c(Cl)cccc2Cl)cc1Cl)c1cnn2c(C(F)(F)F)cc(-c3cccc4ccccc34)nc12. The Kier molecular flexibility index (Phi) is 6.85. The van der Waals surface area contributed by atoms with E-state index in [1.165, 1.54) is 10.9 Å². The van der Waals surface area contributed by atoms with Crippen molar-refractivity contribution >= 4 is 62.9 Å². The molecule has 1 N–H and O–H groups in total. The molecule has 3 heterocycles. The fraction of sp³-hybridized carbons (Fsp3) is 0.0714. The standard InChI is InChI=1S/C28H16Cl3F3N6O/c29-20-9-4-10-21(30)19(20)13-39-14-22(31)25(38-39)37-27(41)18-12-35-40-24(28(32,33)34)11-23(36-26(18)40)17-8-3-6-15-5-1-2-7-16(15)17/h1-12,14H,13H2,(H,37,38,41). The van der Waals surface area contributed by atoms with E-state index in [4.69, 9.17) is 34.8 Å². The summed E-state index contributed by atoms with van der Waals surface area (Å²) in [5.41, 5.74) is -0.446. The first-order chi connectivity index (χ1) is 19.6. The second kappa shape index (κ2) is 10.4. The summed E-state index contributed by atoms with van der Waals surface area (Å²) in [4.78, 5) is 17.7. The lowest BCUT2D eigenvalue weighted by atomic mass is 10.0. The predicted molar refractivity (Wildman–Crippen MR) is 152 cm³/mol. The maximum Gasteiger partial charge on any atom is 0.433 e. The van der Waals surface area contributed by atoms with Gasteiger partial charge in [0, 0.05) is 27.4 Å². The normalized spacial score (nSPS) is 11.9. The summed E-state index contributed by atoms with van der Waals surface area (Å²) in [6.07, 6.45) is -2.29. The number of anilines is 1. The van der Waals surface area contributed by atoms with Crippen LogP contribution in [0.3, 0.4) is 0 Å². The minimum Gasteiger partial charge on any atom is -0.304 e. The molecule has 0 unspecified atom stereocenters. The van der Waals surface area contributed by atoms with Crippen LogP contribution in [0.2, 0.25) is 15.1 Å². The minimum absolute atomic E-state index is 0.0135. The highest BCUT2D eigenvalue weighted by molar-refractivity contribution is 6.36. The highest BCUT2D eigenvalue weighted by atomic mass is 35.5. The van der Waals surface area contributed by atoms with Gasteiger partial charge in [-0.1, -0.05) is 83.3 Å². The molecule has 0 spiro atoms. The molecule has 6 aromatic rings. The van der Waals surface area contributed by atoms with Crippen molar-refractivity contribution in [1.82, 2.24) is 24.4 Å². The maximum atomic E-state index is 14.1. The number of carbonyl (C=O) groups is 1. The van der Waals surface area contributed by atoms with E-state index in [1.54, 1.807) is 42.5 Å². The number of aromatic nitrogens is 5. The lowest BCUT2D eigenvalue weighted by Gasteiger charge is -2.13. The first-order valence-corrected chi connectivity index (χ1v) is 13.1. The maximum absolute atomic E-state index is 14.1. The Morgan fingerprint density at radius 1 is 0.927 bits per heavy atom. The Hall–Kier alpha value is -4.12. The fourth-order valence-corrected chi connectivity index (χ4v) is 5.21. The van der Waals surface area contributed by atoms with Gasteiger partial charge in [-0.15, -0.1) is 0 Å². The molecule has 0 saturated heterocycles. The Labute approximate surface area is 245 Å². The van der Waals surface area contributed by atoms with Gasteiger partial charge in [-0.05, 0) is 29.0 Å². The Bertz CT molecular complexity index is 1940. The van der Waals surface area contributed by atoms with Crippen LogP contribution >= 0.6 is 34.8 Å². The lowest BCUT2D eigenvalue weighted by molar-refractivity contribution is -0.142. The third kappa shape index (κ3) is 5.10. The van der Waals surface area contributed by atoms with Gasteiger partial charge < -0.3 is 5.32 Å². The number of halogens is 6. The third-order valence-corrected chi connectivity index (χ3v) is 7.39. The van der Waals surface area contributed by atoms with Crippen LogP contribution in [0.25, 0.3) is 27.7 Å². The van der Waals surface area contributed by atoms with Crippen LogP contribution in [0.4, 0.5) is 19.0 Å². The summed E-state index contributed by atoms with van der Waals surface area (Å²) in [6, 6.07) is 18.5. The van der Waals surface area contributed by atoms with Crippen molar-refractivity contribution in [3.8, 4) is 11.3 Å². The summed E-state index contributed by atoms with van der Waals surface area (Å²) in [6.45, 7) is 0.162. The molecule has 41 heavy (non-hydrogen) atoms. The van der Waals surface area contributed by atoms with E-state index in [0.29, 0.717) is 31.1 Å².